The quantitative estimate of drug-likeness (QED) is 0.275. The molecule has 2 aliphatic rings. The molecule has 0 radical (unpaired) electrons. The first-order chi connectivity index (χ1) is 18.7. The molecular formula is C30H39F3N2O4. The lowest BCUT2D eigenvalue weighted by Gasteiger charge is -2.34. The van der Waals surface area contributed by atoms with Gasteiger partial charge < -0.3 is 19.7 Å². The van der Waals surface area contributed by atoms with Gasteiger partial charge in [-0.05, 0) is 56.0 Å². The highest BCUT2D eigenvalue weighted by Gasteiger charge is 2.32. The van der Waals surface area contributed by atoms with Gasteiger partial charge in [0.1, 0.15) is 11.5 Å². The standard InChI is InChI=1S/C30H39F3N2O4/c1-3-5-6-11-23(10-4-2)29(37)35-20-18-22(19-21-35)28(36)34-26-14-7-8-15-27(26)38-24-12-9-13-25(17-16-24)39-30(31,32)33/h7-9,12,14-17,22-23H,3-6,10-11,13,18-21H2,1-2H3,(H,34,36). The number of hydrogen-bond acceptors (Lipinski definition) is 4. The molecule has 1 aromatic carbocycles. The minimum atomic E-state index is -4.76. The number of hydrogen-bond donors (Lipinski definition) is 1. The van der Waals surface area contributed by atoms with E-state index in [-0.39, 0.29) is 35.8 Å². The molecule has 1 fully saturated rings. The number of benzene rings is 1. The molecule has 0 aromatic heterocycles. The highest BCUT2D eigenvalue weighted by atomic mass is 19.4. The Hall–Kier alpha value is -3.23. The van der Waals surface area contributed by atoms with Crippen LogP contribution < -0.4 is 10.1 Å². The van der Waals surface area contributed by atoms with Gasteiger partial charge in [0.25, 0.3) is 0 Å². The number of piperidine rings is 1. The van der Waals surface area contributed by atoms with Crippen LogP contribution >= 0.6 is 0 Å². The van der Waals surface area contributed by atoms with Gasteiger partial charge in [-0.15, -0.1) is 13.2 Å². The number of alkyl halides is 3. The van der Waals surface area contributed by atoms with Crippen LogP contribution in [0.15, 0.2) is 60.1 Å². The summed E-state index contributed by atoms with van der Waals surface area (Å²) in [7, 11) is 0. The molecule has 0 bridgehead atoms. The van der Waals surface area contributed by atoms with Crippen LogP contribution in [0, 0.1) is 11.8 Å². The molecule has 214 valence electrons. The maximum Gasteiger partial charge on any atom is 0.572 e. The Balaban J connectivity index is 1.57. The molecule has 6 nitrogen and oxygen atoms in total. The first-order valence-corrected chi connectivity index (χ1v) is 13.9. The van der Waals surface area contributed by atoms with Gasteiger partial charge in [0.2, 0.25) is 11.8 Å². The fourth-order valence-corrected chi connectivity index (χ4v) is 4.90. The number of para-hydroxylation sites is 2. The topological polar surface area (TPSA) is 67.9 Å². The normalized spacial score (nSPS) is 17.1. The van der Waals surface area contributed by atoms with Crippen molar-refractivity contribution in [3.8, 4) is 5.75 Å². The third kappa shape index (κ3) is 9.79. The van der Waals surface area contributed by atoms with E-state index in [1.165, 1.54) is 18.2 Å². The van der Waals surface area contributed by atoms with Crippen molar-refractivity contribution in [2.24, 2.45) is 11.8 Å². The lowest BCUT2D eigenvalue weighted by Crippen LogP contribution is -2.44. The van der Waals surface area contributed by atoms with Gasteiger partial charge >= 0.3 is 6.36 Å². The smallest absolute Gasteiger partial charge is 0.455 e. The Bertz CT molecular complexity index is 1060. The number of halogens is 3. The van der Waals surface area contributed by atoms with Crippen LogP contribution in [0.3, 0.4) is 0 Å². The van der Waals surface area contributed by atoms with E-state index in [9.17, 15) is 22.8 Å². The van der Waals surface area contributed by atoms with E-state index in [1.54, 1.807) is 30.3 Å². The minimum Gasteiger partial charge on any atom is -0.455 e. The predicted octanol–water partition coefficient (Wildman–Crippen LogP) is 7.50. The number of likely N-dealkylation sites (tertiary alicyclic amines) is 1. The second-order valence-corrected chi connectivity index (χ2v) is 10.0. The first-order valence-electron chi connectivity index (χ1n) is 13.9. The average Bonchev–Trinajstić information content (AvgIpc) is 3.12. The molecule has 0 saturated carbocycles. The van der Waals surface area contributed by atoms with E-state index in [0.29, 0.717) is 43.1 Å². The number of anilines is 1. The van der Waals surface area contributed by atoms with Gasteiger partial charge in [0.15, 0.2) is 5.75 Å². The maximum absolute atomic E-state index is 13.1. The fourth-order valence-electron chi connectivity index (χ4n) is 4.90. The number of allylic oxidation sites excluding steroid dienone is 4. The Morgan fingerprint density at radius 2 is 1.79 bits per heavy atom. The van der Waals surface area contributed by atoms with Crippen molar-refractivity contribution in [2.45, 2.75) is 78.0 Å². The van der Waals surface area contributed by atoms with E-state index in [2.05, 4.69) is 23.9 Å². The Kier molecular flexibility index (Phi) is 11.5. The number of unbranched alkanes of at least 4 members (excludes halogenated alkanes) is 2. The van der Waals surface area contributed by atoms with E-state index < -0.39 is 6.36 Å². The lowest BCUT2D eigenvalue weighted by molar-refractivity contribution is -0.305. The van der Waals surface area contributed by atoms with Crippen LogP contribution in [-0.4, -0.2) is 36.2 Å². The summed E-state index contributed by atoms with van der Waals surface area (Å²) in [5.41, 5.74) is 0.467. The third-order valence-electron chi connectivity index (χ3n) is 6.97. The molecule has 1 saturated heterocycles. The second-order valence-electron chi connectivity index (χ2n) is 10.0. The summed E-state index contributed by atoms with van der Waals surface area (Å²) >= 11 is 0. The molecule has 1 aliphatic carbocycles. The van der Waals surface area contributed by atoms with Gasteiger partial charge in [0.05, 0.1) is 5.69 Å². The van der Waals surface area contributed by atoms with E-state index in [4.69, 9.17) is 4.74 Å². The van der Waals surface area contributed by atoms with Crippen molar-refractivity contribution in [3.63, 3.8) is 0 Å². The minimum absolute atomic E-state index is 0.0274. The molecule has 1 N–H and O–H groups in total. The average molecular weight is 549 g/mol. The summed E-state index contributed by atoms with van der Waals surface area (Å²) in [5, 5.41) is 2.94. The molecule has 1 heterocycles. The van der Waals surface area contributed by atoms with Crippen LogP contribution in [0.25, 0.3) is 0 Å². The van der Waals surface area contributed by atoms with Gasteiger partial charge in [0, 0.05) is 31.3 Å². The van der Waals surface area contributed by atoms with Crippen molar-refractivity contribution in [1.82, 2.24) is 4.90 Å². The van der Waals surface area contributed by atoms with Crippen LogP contribution in [-0.2, 0) is 14.3 Å². The summed E-state index contributed by atoms with van der Waals surface area (Å²) < 4.78 is 47.5. The highest BCUT2D eigenvalue weighted by Crippen LogP contribution is 2.30. The molecule has 1 aromatic rings. The Labute approximate surface area is 228 Å². The summed E-state index contributed by atoms with van der Waals surface area (Å²) in [6.45, 7) is 5.40. The summed E-state index contributed by atoms with van der Waals surface area (Å²) in [5.74, 6) is 0.349. The van der Waals surface area contributed by atoms with Gasteiger partial charge in [-0.3, -0.25) is 9.59 Å². The van der Waals surface area contributed by atoms with Crippen LogP contribution in [0.2, 0.25) is 0 Å². The van der Waals surface area contributed by atoms with Crippen molar-refractivity contribution in [3.05, 3.63) is 60.1 Å². The zero-order chi connectivity index (χ0) is 28.3. The van der Waals surface area contributed by atoms with E-state index in [1.807, 2.05) is 4.90 Å². The predicted molar refractivity (Wildman–Crippen MR) is 145 cm³/mol. The summed E-state index contributed by atoms with van der Waals surface area (Å²) in [4.78, 5) is 28.1. The highest BCUT2D eigenvalue weighted by molar-refractivity contribution is 5.94. The molecule has 9 heteroatoms. The number of carbonyl (C=O) groups excluding carboxylic acids is 2. The lowest BCUT2D eigenvalue weighted by atomic mass is 9.91. The van der Waals surface area contributed by atoms with Crippen LogP contribution in [0.1, 0.15) is 71.6 Å². The number of nitrogens with one attached hydrogen (secondary N) is 1. The maximum atomic E-state index is 13.1. The van der Waals surface area contributed by atoms with Gasteiger partial charge in [-0.2, -0.15) is 0 Å². The fraction of sp³-hybridized carbons (Fsp3) is 0.533. The number of carbonyl (C=O) groups is 2. The molecule has 3 rings (SSSR count). The second kappa shape index (κ2) is 14.8. The number of amides is 2. The molecule has 1 unspecified atom stereocenters. The number of ether oxygens (including phenoxy) is 2. The SMILES string of the molecule is CCCCCC(CCC)C(=O)N1CCC(C(=O)Nc2ccccc2OC2=CC=C(OC(F)(F)F)CC=C2)CC1. The van der Waals surface area contributed by atoms with Crippen molar-refractivity contribution >= 4 is 17.5 Å². The van der Waals surface area contributed by atoms with Gasteiger partial charge in [-0.25, -0.2) is 0 Å². The number of rotatable bonds is 12. The van der Waals surface area contributed by atoms with Crippen molar-refractivity contribution in [2.75, 3.05) is 18.4 Å². The third-order valence-corrected chi connectivity index (χ3v) is 6.97. The Morgan fingerprint density at radius 3 is 2.49 bits per heavy atom. The van der Waals surface area contributed by atoms with E-state index >= 15 is 0 Å². The van der Waals surface area contributed by atoms with Crippen molar-refractivity contribution < 1.29 is 32.2 Å². The first kappa shape index (κ1) is 30.3. The summed E-state index contributed by atoms with van der Waals surface area (Å²) in [6, 6.07) is 6.91. The molecule has 0 spiro atoms. The molecule has 39 heavy (non-hydrogen) atoms. The molecule has 1 aliphatic heterocycles. The monoisotopic (exact) mass is 548 g/mol. The molecule has 1 atom stereocenters. The van der Waals surface area contributed by atoms with Gasteiger partial charge in [-0.1, -0.05) is 57.7 Å². The van der Waals surface area contributed by atoms with Crippen LogP contribution in [0.5, 0.6) is 5.75 Å². The van der Waals surface area contributed by atoms with Crippen molar-refractivity contribution in [1.29, 1.82) is 0 Å². The summed E-state index contributed by atoms with van der Waals surface area (Å²) in [6.07, 6.45) is 8.22. The van der Waals surface area contributed by atoms with Crippen LogP contribution in [0.4, 0.5) is 18.9 Å². The zero-order valence-electron chi connectivity index (χ0n) is 22.8. The van der Waals surface area contributed by atoms with E-state index in [0.717, 1.165) is 38.5 Å². The zero-order valence-corrected chi connectivity index (χ0v) is 22.8. The largest absolute Gasteiger partial charge is 0.572 e. The molecular weight excluding hydrogens is 509 g/mol. The number of nitrogens with zero attached hydrogens (tertiary/aromatic N) is 1. The Morgan fingerprint density at radius 1 is 1.05 bits per heavy atom. The molecule has 2 amide bonds.